The van der Waals surface area contributed by atoms with Gasteiger partial charge >= 0.3 is 0 Å². The van der Waals surface area contributed by atoms with Crippen LogP contribution in [-0.2, 0) is 9.59 Å². The lowest BCUT2D eigenvalue weighted by atomic mass is 10.1. The molecule has 2 aliphatic rings. The van der Waals surface area contributed by atoms with E-state index in [9.17, 15) is 9.59 Å². The highest BCUT2D eigenvalue weighted by molar-refractivity contribution is 6.26. The van der Waals surface area contributed by atoms with Crippen molar-refractivity contribution in [2.75, 3.05) is 11.4 Å². The van der Waals surface area contributed by atoms with E-state index in [1.54, 1.807) is 6.07 Å². The minimum Gasteiger partial charge on any atom is -0.274 e. The summed E-state index contributed by atoms with van der Waals surface area (Å²) in [4.78, 5) is 26.1. The molecular formula is C15H11N3O2. The van der Waals surface area contributed by atoms with Gasteiger partial charge in [-0.2, -0.15) is 10.2 Å². The summed E-state index contributed by atoms with van der Waals surface area (Å²) in [7, 11) is 0. The first kappa shape index (κ1) is 11.3. The summed E-state index contributed by atoms with van der Waals surface area (Å²) in [5.74, 6) is -0.875. The first-order valence-electron chi connectivity index (χ1n) is 6.49. The number of amides is 2. The van der Waals surface area contributed by atoms with Crippen molar-refractivity contribution in [2.45, 2.75) is 6.04 Å². The summed E-state index contributed by atoms with van der Waals surface area (Å²) in [6.45, 7) is 0.316. The number of benzene rings is 2. The Morgan fingerprint density at radius 1 is 1.00 bits per heavy atom. The smallest absolute Gasteiger partial charge is 0.261 e. The summed E-state index contributed by atoms with van der Waals surface area (Å²) < 4.78 is 0. The van der Waals surface area contributed by atoms with E-state index in [2.05, 4.69) is 10.2 Å². The Kier molecular flexibility index (Phi) is 2.24. The quantitative estimate of drug-likeness (QED) is 0.742. The van der Waals surface area contributed by atoms with Gasteiger partial charge in [0.1, 0.15) is 0 Å². The van der Waals surface area contributed by atoms with Gasteiger partial charge in [0, 0.05) is 5.39 Å². The number of imide groups is 1. The summed E-state index contributed by atoms with van der Waals surface area (Å²) in [6.07, 6.45) is 0. The van der Waals surface area contributed by atoms with Crippen molar-refractivity contribution in [3.8, 4) is 0 Å². The third kappa shape index (κ3) is 1.37. The number of carbonyl (C=O) groups excluding carboxylic acids is 2. The minimum absolute atomic E-state index is 0.193. The average Bonchev–Trinajstić information content (AvgIpc) is 3.04. The fraction of sp³-hybridized carbons (Fsp3) is 0.200. The van der Waals surface area contributed by atoms with Crippen molar-refractivity contribution >= 4 is 28.3 Å². The molecule has 2 aromatic carbocycles. The molecule has 2 atom stereocenters. The van der Waals surface area contributed by atoms with E-state index in [1.807, 2.05) is 36.4 Å². The molecule has 1 saturated heterocycles. The third-order valence-corrected chi connectivity index (χ3v) is 3.88. The molecule has 0 bridgehead atoms. The standard InChI is InChI=1S/C15H11N3O2/c19-14-11-8-16-17-13(11)15(20)18(14)12-7-3-5-9-4-1-2-6-10(9)12/h1-7,11,13H,8H2/t11-,13+/m1/s1. The number of fused-ring (bicyclic) bond motifs is 2. The summed E-state index contributed by atoms with van der Waals surface area (Å²) in [6, 6.07) is 12.7. The number of anilines is 1. The molecule has 2 amide bonds. The number of azo groups is 1. The normalized spacial score (nSPS) is 24.7. The van der Waals surface area contributed by atoms with Crippen LogP contribution in [0.4, 0.5) is 5.69 Å². The van der Waals surface area contributed by atoms with Gasteiger partial charge in [-0.05, 0) is 11.5 Å². The number of rotatable bonds is 1. The lowest BCUT2D eigenvalue weighted by Gasteiger charge is -2.17. The van der Waals surface area contributed by atoms with Crippen molar-refractivity contribution in [3.63, 3.8) is 0 Å². The topological polar surface area (TPSA) is 62.1 Å². The van der Waals surface area contributed by atoms with Gasteiger partial charge in [-0.1, -0.05) is 36.4 Å². The predicted molar refractivity (Wildman–Crippen MR) is 73.4 cm³/mol. The molecule has 20 heavy (non-hydrogen) atoms. The highest BCUT2D eigenvalue weighted by Crippen LogP contribution is 2.35. The number of carbonyl (C=O) groups is 2. The van der Waals surface area contributed by atoms with Gasteiger partial charge in [0.25, 0.3) is 5.91 Å². The van der Waals surface area contributed by atoms with Gasteiger partial charge in [0.15, 0.2) is 6.04 Å². The second-order valence-electron chi connectivity index (χ2n) is 5.00. The Morgan fingerprint density at radius 3 is 2.65 bits per heavy atom. The fourth-order valence-electron chi connectivity index (χ4n) is 2.89. The molecule has 2 aromatic rings. The Balaban J connectivity index is 1.90. The number of hydrogen-bond acceptors (Lipinski definition) is 4. The predicted octanol–water partition coefficient (Wildman–Crippen LogP) is 2.16. The maximum Gasteiger partial charge on any atom is 0.261 e. The van der Waals surface area contributed by atoms with E-state index < -0.39 is 12.0 Å². The van der Waals surface area contributed by atoms with E-state index >= 15 is 0 Å². The van der Waals surface area contributed by atoms with Crippen molar-refractivity contribution in [1.29, 1.82) is 0 Å². The van der Waals surface area contributed by atoms with Crippen LogP contribution in [0.15, 0.2) is 52.7 Å². The maximum absolute atomic E-state index is 12.4. The third-order valence-electron chi connectivity index (χ3n) is 3.88. The van der Waals surface area contributed by atoms with E-state index in [0.717, 1.165) is 10.8 Å². The molecule has 0 spiro atoms. The van der Waals surface area contributed by atoms with Crippen LogP contribution in [0.1, 0.15) is 0 Å². The van der Waals surface area contributed by atoms with Crippen molar-refractivity contribution < 1.29 is 9.59 Å². The van der Waals surface area contributed by atoms with Crippen LogP contribution in [-0.4, -0.2) is 24.4 Å². The summed E-state index contributed by atoms with van der Waals surface area (Å²) >= 11 is 0. The van der Waals surface area contributed by atoms with Crippen LogP contribution >= 0.6 is 0 Å². The molecule has 0 radical (unpaired) electrons. The first-order chi connectivity index (χ1) is 9.77. The molecular weight excluding hydrogens is 254 g/mol. The van der Waals surface area contributed by atoms with Gasteiger partial charge in [-0.15, -0.1) is 0 Å². The number of nitrogens with zero attached hydrogens (tertiary/aromatic N) is 3. The van der Waals surface area contributed by atoms with E-state index in [4.69, 9.17) is 0 Å². The van der Waals surface area contributed by atoms with E-state index in [-0.39, 0.29) is 11.8 Å². The molecule has 2 aliphatic heterocycles. The number of hydrogen-bond donors (Lipinski definition) is 0. The molecule has 0 N–H and O–H groups in total. The molecule has 0 saturated carbocycles. The molecule has 5 heteroatoms. The van der Waals surface area contributed by atoms with Gasteiger partial charge < -0.3 is 0 Å². The molecule has 4 rings (SSSR count). The van der Waals surface area contributed by atoms with Crippen molar-refractivity contribution in [1.82, 2.24) is 0 Å². The van der Waals surface area contributed by atoms with Crippen LogP contribution in [0.3, 0.4) is 0 Å². The Morgan fingerprint density at radius 2 is 1.80 bits per heavy atom. The summed E-state index contributed by atoms with van der Waals surface area (Å²) in [5, 5.41) is 9.61. The molecule has 1 fully saturated rings. The molecule has 98 valence electrons. The van der Waals surface area contributed by atoms with Gasteiger partial charge in [-0.25, -0.2) is 4.90 Å². The highest BCUT2D eigenvalue weighted by atomic mass is 16.2. The first-order valence-corrected chi connectivity index (χ1v) is 6.49. The SMILES string of the molecule is O=C1[C@H]2N=NC[C@H]2C(=O)N1c1cccc2ccccc12. The van der Waals surface area contributed by atoms with Crippen LogP contribution in [0.5, 0.6) is 0 Å². The largest absolute Gasteiger partial charge is 0.274 e. The Labute approximate surface area is 114 Å². The molecule has 0 unspecified atom stereocenters. The molecule has 0 aliphatic carbocycles. The lowest BCUT2D eigenvalue weighted by Crippen LogP contribution is -2.32. The van der Waals surface area contributed by atoms with Crippen LogP contribution in [0.2, 0.25) is 0 Å². The summed E-state index contributed by atoms with van der Waals surface area (Å²) in [5.41, 5.74) is 0.641. The zero-order valence-electron chi connectivity index (χ0n) is 10.6. The Hall–Kier alpha value is -2.56. The van der Waals surface area contributed by atoms with Crippen LogP contribution < -0.4 is 4.90 Å². The molecule has 2 heterocycles. The molecule has 0 aromatic heterocycles. The average molecular weight is 265 g/mol. The molecule has 5 nitrogen and oxygen atoms in total. The monoisotopic (exact) mass is 265 g/mol. The minimum atomic E-state index is -0.624. The second kappa shape index (κ2) is 3.96. The zero-order valence-corrected chi connectivity index (χ0v) is 10.6. The zero-order chi connectivity index (χ0) is 13.7. The van der Waals surface area contributed by atoms with Gasteiger partial charge in [0.05, 0.1) is 18.2 Å². The van der Waals surface area contributed by atoms with Crippen LogP contribution in [0.25, 0.3) is 10.8 Å². The Bertz CT molecular complexity index is 763. The lowest BCUT2D eigenvalue weighted by molar-refractivity contribution is -0.122. The van der Waals surface area contributed by atoms with Gasteiger partial charge in [0.2, 0.25) is 5.91 Å². The second-order valence-corrected chi connectivity index (χ2v) is 5.00. The van der Waals surface area contributed by atoms with Crippen LogP contribution in [0, 0.1) is 5.92 Å². The van der Waals surface area contributed by atoms with Gasteiger partial charge in [-0.3, -0.25) is 9.59 Å². The highest BCUT2D eigenvalue weighted by Gasteiger charge is 2.51. The maximum atomic E-state index is 12.4. The van der Waals surface area contributed by atoms with E-state index in [0.29, 0.717) is 12.2 Å². The van der Waals surface area contributed by atoms with Crippen molar-refractivity contribution in [2.24, 2.45) is 16.1 Å². The van der Waals surface area contributed by atoms with Crippen molar-refractivity contribution in [3.05, 3.63) is 42.5 Å². The fourth-order valence-corrected chi connectivity index (χ4v) is 2.89. The van der Waals surface area contributed by atoms with E-state index in [1.165, 1.54) is 4.90 Å².